The number of para-hydroxylation sites is 1. The molecule has 1 unspecified atom stereocenters. The molecule has 2 aromatic rings. The Labute approximate surface area is 104 Å². The molecule has 0 aliphatic carbocycles. The molecule has 0 radical (unpaired) electrons. The highest BCUT2D eigenvalue weighted by atomic mass is 16.4. The van der Waals surface area contributed by atoms with E-state index in [1.807, 2.05) is 30.3 Å². The fraction of sp³-hybridized carbons (Fsp3) is 0.214. The first-order valence-electron chi connectivity index (χ1n) is 5.76. The second kappa shape index (κ2) is 4.96. The maximum Gasteiger partial charge on any atom is 0.372 e. The Morgan fingerprint density at radius 1 is 1.22 bits per heavy atom. The third-order valence-corrected chi connectivity index (χ3v) is 2.91. The molecule has 0 aliphatic rings. The van der Waals surface area contributed by atoms with Gasteiger partial charge in [-0.2, -0.15) is 0 Å². The number of aliphatic carboxylic acids is 1. The van der Waals surface area contributed by atoms with Crippen molar-refractivity contribution in [1.82, 2.24) is 4.98 Å². The van der Waals surface area contributed by atoms with Crippen LogP contribution in [0.4, 0.5) is 0 Å². The van der Waals surface area contributed by atoms with E-state index in [0.29, 0.717) is 12.1 Å². The van der Waals surface area contributed by atoms with Crippen LogP contribution in [0.15, 0.2) is 36.4 Å². The first kappa shape index (κ1) is 12.2. The summed E-state index contributed by atoms with van der Waals surface area (Å²) < 4.78 is 0. The van der Waals surface area contributed by atoms with Gasteiger partial charge in [-0.1, -0.05) is 31.2 Å². The van der Waals surface area contributed by atoms with Crippen LogP contribution in [0.1, 0.15) is 25.0 Å². The van der Waals surface area contributed by atoms with E-state index >= 15 is 0 Å². The van der Waals surface area contributed by atoms with Crippen molar-refractivity contribution in [2.24, 2.45) is 0 Å². The summed E-state index contributed by atoms with van der Waals surface area (Å²) in [5, 5.41) is 9.75. The third-order valence-electron chi connectivity index (χ3n) is 2.91. The van der Waals surface area contributed by atoms with Crippen molar-refractivity contribution < 1.29 is 14.7 Å². The molecule has 0 saturated heterocycles. The predicted molar refractivity (Wildman–Crippen MR) is 67.4 cm³/mol. The molecule has 1 atom stereocenters. The van der Waals surface area contributed by atoms with Crippen LogP contribution in [-0.4, -0.2) is 21.8 Å². The van der Waals surface area contributed by atoms with Crippen molar-refractivity contribution in [3.05, 3.63) is 42.1 Å². The highest BCUT2D eigenvalue weighted by Gasteiger charge is 2.25. The predicted octanol–water partition coefficient (Wildman–Crippen LogP) is 2.38. The van der Waals surface area contributed by atoms with Crippen LogP contribution >= 0.6 is 0 Å². The first-order valence-corrected chi connectivity index (χ1v) is 5.76. The number of Topliss-reactive ketones (excluding diaryl/α,β-unsaturated/α-hetero) is 1. The lowest BCUT2D eigenvalue weighted by Gasteiger charge is -2.11. The van der Waals surface area contributed by atoms with E-state index in [4.69, 9.17) is 5.11 Å². The summed E-state index contributed by atoms with van der Waals surface area (Å²) >= 11 is 0. The maximum absolute atomic E-state index is 11.6. The second-order valence-corrected chi connectivity index (χ2v) is 4.06. The zero-order valence-electron chi connectivity index (χ0n) is 9.96. The Morgan fingerprint density at radius 2 is 1.94 bits per heavy atom. The number of hydrogen-bond donors (Lipinski definition) is 1. The fourth-order valence-electron chi connectivity index (χ4n) is 1.95. The Balaban J connectivity index is 2.45. The summed E-state index contributed by atoms with van der Waals surface area (Å²) in [6.07, 6.45) is 0.427. The molecule has 0 aliphatic heterocycles. The molecule has 1 aromatic heterocycles. The van der Waals surface area contributed by atoms with Crippen molar-refractivity contribution in [3.63, 3.8) is 0 Å². The molecule has 1 heterocycles. The van der Waals surface area contributed by atoms with Crippen molar-refractivity contribution in [2.45, 2.75) is 19.3 Å². The van der Waals surface area contributed by atoms with Crippen LogP contribution in [0.25, 0.3) is 10.9 Å². The summed E-state index contributed by atoms with van der Waals surface area (Å²) in [4.78, 5) is 26.7. The Morgan fingerprint density at radius 3 is 2.61 bits per heavy atom. The van der Waals surface area contributed by atoms with Gasteiger partial charge in [0.15, 0.2) is 0 Å². The van der Waals surface area contributed by atoms with Gasteiger partial charge in [0.2, 0.25) is 5.78 Å². The lowest BCUT2D eigenvalue weighted by atomic mass is 9.96. The topological polar surface area (TPSA) is 67.3 Å². The molecule has 4 heteroatoms. The number of hydrogen-bond acceptors (Lipinski definition) is 3. The second-order valence-electron chi connectivity index (χ2n) is 4.06. The van der Waals surface area contributed by atoms with E-state index < -0.39 is 17.7 Å². The minimum Gasteiger partial charge on any atom is -0.475 e. The highest BCUT2D eigenvalue weighted by Crippen LogP contribution is 2.21. The van der Waals surface area contributed by atoms with Gasteiger partial charge < -0.3 is 5.11 Å². The SMILES string of the molecule is CCC(C(=O)C(=O)O)c1ccc2ccccc2n1. The molecule has 0 spiro atoms. The average Bonchev–Trinajstić information content (AvgIpc) is 2.39. The molecule has 18 heavy (non-hydrogen) atoms. The molecule has 0 saturated carbocycles. The van der Waals surface area contributed by atoms with Gasteiger partial charge in [-0.15, -0.1) is 0 Å². The lowest BCUT2D eigenvalue weighted by Crippen LogP contribution is -2.22. The van der Waals surface area contributed by atoms with E-state index in [0.717, 1.165) is 10.9 Å². The number of benzene rings is 1. The Hall–Kier alpha value is -2.23. The van der Waals surface area contributed by atoms with Crippen LogP contribution in [0.3, 0.4) is 0 Å². The molecule has 4 nitrogen and oxygen atoms in total. The molecule has 0 bridgehead atoms. The quantitative estimate of drug-likeness (QED) is 0.837. The fourth-order valence-corrected chi connectivity index (χ4v) is 1.95. The normalized spacial score (nSPS) is 12.3. The Kier molecular flexibility index (Phi) is 3.37. The lowest BCUT2D eigenvalue weighted by molar-refractivity contribution is -0.149. The van der Waals surface area contributed by atoms with Gasteiger partial charge in [-0.05, 0) is 18.6 Å². The molecule has 1 N–H and O–H groups in total. The van der Waals surface area contributed by atoms with Gasteiger partial charge in [0.25, 0.3) is 0 Å². The summed E-state index contributed by atoms with van der Waals surface area (Å²) in [6, 6.07) is 11.1. The number of rotatable bonds is 4. The van der Waals surface area contributed by atoms with Crippen molar-refractivity contribution in [3.8, 4) is 0 Å². The van der Waals surface area contributed by atoms with E-state index in [2.05, 4.69) is 4.98 Å². The molecule has 0 fully saturated rings. The van der Waals surface area contributed by atoms with Crippen LogP contribution < -0.4 is 0 Å². The molecule has 1 aromatic carbocycles. The number of ketones is 1. The molecule has 2 rings (SSSR count). The number of carbonyl (C=O) groups excluding carboxylic acids is 1. The Bertz CT molecular complexity index is 607. The number of nitrogens with zero attached hydrogens (tertiary/aromatic N) is 1. The minimum absolute atomic E-state index is 0.427. The monoisotopic (exact) mass is 243 g/mol. The molecule has 92 valence electrons. The van der Waals surface area contributed by atoms with Crippen LogP contribution in [0.2, 0.25) is 0 Å². The smallest absolute Gasteiger partial charge is 0.372 e. The van der Waals surface area contributed by atoms with Crippen molar-refractivity contribution in [1.29, 1.82) is 0 Å². The molecular weight excluding hydrogens is 230 g/mol. The first-order chi connectivity index (χ1) is 8.63. The highest BCUT2D eigenvalue weighted by molar-refractivity contribution is 6.34. The van der Waals surface area contributed by atoms with Crippen LogP contribution in [-0.2, 0) is 9.59 Å². The maximum atomic E-state index is 11.6. The largest absolute Gasteiger partial charge is 0.475 e. The number of fused-ring (bicyclic) bond motifs is 1. The van der Waals surface area contributed by atoms with E-state index in [-0.39, 0.29) is 0 Å². The minimum atomic E-state index is -1.41. The van der Waals surface area contributed by atoms with Gasteiger partial charge in [0, 0.05) is 5.39 Å². The standard InChI is InChI=1S/C14H13NO3/c1-2-10(13(16)14(17)18)12-8-7-9-5-3-4-6-11(9)15-12/h3-8,10H,2H2,1H3,(H,17,18). The van der Waals surface area contributed by atoms with Crippen molar-refractivity contribution >= 4 is 22.7 Å². The van der Waals surface area contributed by atoms with Crippen LogP contribution in [0, 0.1) is 0 Å². The summed E-state index contributed by atoms with van der Waals surface area (Å²) in [5.74, 6) is -2.89. The van der Waals surface area contributed by atoms with Gasteiger partial charge in [0.05, 0.1) is 17.1 Å². The van der Waals surface area contributed by atoms with E-state index in [1.165, 1.54) is 0 Å². The number of carboxylic acid groups (broad SMARTS) is 1. The number of pyridine rings is 1. The summed E-state index contributed by atoms with van der Waals surface area (Å²) in [7, 11) is 0. The van der Waals surface area contributed by atoms with E-state index in [1.54, 1.807) is 13.0 Å². The van der Waals surface area contributed by atoms with Crippen molar-refractivity contribution in [2.75, 3.05) is 0 Å². The number of carboxylic acids is 1. The van der Waals surface area contributed by atoms with E-state index in [9.17, 15) is 9.59 Å². The van der Waals surface area contributed by atoms with Gasteiger partial charge in [-0.25, -0.2) is 4.79 Å². The average molecular weight is 243 g/mol. The molecular formula is C14H13NO3. The van der Waals surface area contributed by atoms with Crippen LogP contribution in [0.5, 0.6) is 0 Å². The van der Waals surface area contributed by atoms with Gasteiger partial charge in [-0.3, -0.25) is 9.78 Å². The molecule has 0 amide bonds. The zero-order valence-corrected chi connectivity index (χ0v) is 9.96. The number of aromatic nitrogens is 1. The van der Waals surface area contributed by atoms with Gasteiger partial charge >= 0.3 is 5.97 Å². The van der Waals surface area contributed by atoms with Gasteiger partial charge in [0.1, 0.15) is 0 Å². The third kappa shape index (κ3) is 2.22. The number of carbonyl (C=O) groups is 2. The summed E-state index contributed by atoms with van der Waals surface area (Å²) in [6.45, 7) is 1.78. The summed E-state index contributed by atoms with van der Waals surface area (Å²) in [5.41, 5.74) is 1.29. The zero-order chi connectivity index (χ0) is 13.1.